The van der Waals surface area contributed by atoms with E-state index in [-0.39, 0.29) is 6.04 Å². The molecule has 2 N–H and O–H groups in total. The zero-order valence-electron chi connectivity index (χ0n) is 9.91. The van der Waals surface area contributed by atoms with Crippen LogP contribution in [0.15, 0.2) is 22.7 Å². The number of hydrogen-bond donors (Lipinski definition) is 1. The second-order valence-electron chi connectivity index (χ2n) is 4.68. The van der Waals surface area contributed by atoms with Crippen molar-refractivity contribution in [2.45, 2.75) is 38.8 Å². The van der Waals surface area contributed by atoms with Crippen LogP contribution in [0.2, 0.25) is 0 Å². The molecule has 0 spiro atoms. The minimum Gasteiger partial charge on any atom is -0.369 e. The number of hydrogen-bond acceptors (Lipinski definition) is 2. The summed E-state index contributed by atoms with van der Waals surface area (Å²) in [5.74, 6) is 0. The summed E-state index contributed by atoms with van der Waals surface area (Å²) in [6.45, 7) is 5.49. The van der Waals surface area contributed by atoms with Crippen molar-refractivity contribution in [2.24, 2.45) is 5.73 Å². The number of nitrogens with zero attached hydrogens (tertiary/aromatic N) is 1. The first-order valence-corrected chi connectivity index (χ1v) is 6.70. The van der Waals surface area contributed by atoms with Crippen LogP contribution < -0.4 is 10.6 Å². The first kappa shape index (κ1) is 11.9. The Balaban J connectivity index is 2.39. The van der Waals surface area contributed by atoms with Gasteiger partial charge in [0.2, 0.25) is 0 Å². The minimum absolute atomic E-state index is 0.0836. The molecule has 0 amide bonds. The van der Waals surface area contributed by atoms with E-state index < -0.39 is 0 Å². The molecule has 0 radical (unpaired) electrons. The summed E-state index contributed by atoms with van der Waals surface area (Å²) in [7, 11) is 0. The normalized spacial score (nSPS) is 22.5. The molecule has 2 nitrogen and oxygen atoms in total. The summed E-state index contributed by atoms with van der Waals surface area (Å²) in [4.78, 5) is 2.48. The Kier molecular flexibility index (Phi) is 3.55. The number of nitrogens with two attached hydrogens (primary N) is 1. The summed E-state index contributed by atoms with van der Waals surface area (Å²) < 4.78 is 1.11. The molecule has 0 aliphatic carbocycles. The van der Waals surface area contributed by atoms with Gasteiger partial charge >= 0.3 is 0 Å². The molecule has 1 aliphatic rings. The second kappa shape index (κ2) is 4.76. The van der Waals surface area contributed by atoms with Gasteiger partial charge in [-0.3, -0.25) is 0 Å². The first-order valence-electron chi connectivity index (χ1n) is 5.91. The van der Waals surface area contributed by atoms with Gasteiger partial charge in [-0.25, -0.2) is 0 Å². The highest BCUT2D eigenvalue weighted by Gasteiger charge is 2.23. The average Bonchev–Trinajstić information content (AvgIpc) is 2.64. The Hall–Kier alpha value is -0.540. The predicted octanol–water partition coefficient (Wildman–Crippen LogP) is 3.46. The Labute approximate surface area is 106 Å². The Morgan fingerprint density at radius 3 is 2.81 bits per heavy atom. The van der Waals surface area contributed by atoms with Crippen molar-refractivity contribution in [3.63, 3.8) is 0 Å². The molecular formula is C13H19BrN2. The van der Waals surface area contributed by atoms with Crippen LogP contribution in [0.4, 0.5) is 5.69 Å². The molecule has 2 rings (SSSR count). The van der Waals surface area contributed by atoms with E-state index in [0.29, 0.717) is 6.04 Å². The molecule has 1 aromatic rings. The molecule has 1 heterocycles. The fourth-order valence-electron chi connectivity index (χ4n) is 2.44. The number of benzene rings is 1. The molecule has 0 saturated carbocycles. The highest BCUT2D eigenvalue weighted by Crippen LogP contribution is 2.33. The van der Waals surface area contributed by atoms with Crippen molar-refractivity contribution >= 4 is 21.6 Å². The highest BCUT2D eigenvalue weighted by molar-refractivity contribution is 9.10. The van der Waals surface area contributed by atoms with E-state index in [0.717, 1.165) is 11.0 Å². The Morgan fingerprint density at radius 2 is 2.25 bits per heavy atom. The summed E-state index contributed by atoms with van der Waals surface area (Å²) in [5, 5.41) is 0. The smallest absolute Gasteiger partial charge is 0.0417 e. The molecular weight excluding hydrogens is 264 g/mol. The van der Waals surface area contributed by atoms with Gasteiger partial charge in [0, 0.05) is 28.8 Å². The molecule has 2 atom stereocenters. The van der Waals surface area contributed by atoms with Gasteiger partial charge in [-0.15, -0.1) is 0 Å². The van der Waals surface area contributed by atoms with Crippen LogP contribution in [0.25, 0.3) is 0 Å². The van der Waals surface area contributed by atoms with E-state index in [2.05, 4.69) is 46.0 Å². The fraction of sp³-hybridized carbons (Fsp3) is 0.538. The van der Waals surface area contributed by atoms with E-state index in [4.69, 9.17) is 5.73 Å². The molecule has 88 valence electrons. The lowest BCUT2D eigenvalue weighted by molar-refractivity contribution is 0.722. The van der Waals surface area contributed by atoms with Crippen molar-refractivity contribution in [1.82, 2.24) is 0 Å². The third kappa shape index (κ3) is 2.25. The lowest BCUT2D eigenvalue weighted by atomic mass is 10.1. The van der Waals surface area contributed by atoms with Crippen LogP contribution in [0.1, 0.15) is 38.3 Å². The lowest BCUT2D eigenvalue weighted by Crippen LogP contribution is -2.28. The topological polar surface area (TPSA) is 29.3 Å². The van der Waals surface area contributed by atoms with Crippen molar-refractivity contribution in [2.75, 3.05) is 11.4 Å². The van der Waals surface area contributed by atoms with Gasteiger partial charge in [-0.1, -0.05) is 15.9 Å². The quantitative estimate of drug-likeness (QED) is 0.900. The predicted molar refractivity (Wildman–Crippen MR) is 72.8 cm³/mol. The fourth-order valence-corrected chi connectivity index (χ4v) is 2.82. The van der Waals surface area contributed by atoms with Gasteiger partial charge in [0.15, 0.2) is 0 Å². The largest absolute Gasteiger partial charge is 0.369 e. The van der Waals surface area contributed by atoms with E-state index in [1.165, 1.54) is 24.1 Å². The maximum absolute atomic E-state index is 6.05. The van der Waals surface area contributed by atoms with Crippen molar-refractivity contribution in [3.05, 3.63) is 28.2 Å². The van der Waals surface area contributed by atoms with E-state index in [1.807, 2.05) is 6.92 Å². The summed E-state index contributed by atoms with van der Waals surface area (Å²) in [6, 6.07) is 7.15. The molecule has 3 heteroatoms. The third-order valence-electron chi connectivity index (χ3n) is 3.34. The number of anilines is 1. The molecule has 0 bridgehead atoms. The van der Waals surface area contributed by atoms with Crippen molar-refractivity contribution < 1.29 is 0 Å². The SMILES string of the molecule is CC(N)c1cc(Br)ccc1N1CCCC1C. The summed E-state index contributed by atoms with van der Waals surface area (Å²) in [6.07, 6.45) is 2.57. The number of rotatable bonds is 2. The van der Waals surface area contributed by atoms with Crippen LogP contribution in [0.3, 0.4) is 0 Å². The summed E-state index contributed by atoms with van der Waals surface area (Å²) >= 11 is 3.51. The third-order valence-corrected chi connectivity index (χ3v) is 3.84. The minimum atomic E-state index is 0.0836. The van der Waals surface area contributed by atoms with Crippen molar-refractivity contribution in [3.8, 4) is 0 Å². The van der Waals surface area contributed by atoms with Crippen LogP contribution >= 0.6 is 15.9 Å². The summed E-state index contributed by atoms with van der Waals surface area (Å²) in [5.41, 5.74) is 8.60. The van der Waals surface area contributed by atoms with Crippen LogP contribution in [0, 0.1) is 0 Å². The highest BCUT2D eigenvalue weighted by atomic mass is 79.9. The van der Waals surface area contributed by atoms with E-state index in [1.54, 1.807) is 0 Å². The first-order chi connectivity index (χ1) is 7.59. The Morgan fingerprint density at radius 1 is 1.50 bits per heavy atom. The zero-order chi connectivity index (χ0) is 11.7. The second-order valence-corrected chi connectivity index (χ2v) is 5.59. The van der Waals surface area contributed by atoms with E-state index >= 15 is 0 Å². The van der Waals surface area contributed by atoms with Crippen LogP contribution in [0.5, 0.6) is 0 Å². The van der Waals surface area contributed by atoms with Gasteiger partial charge in [-0.2, -0.15) is 0 Å². The van der Waals surface area contributed by atoms with Crippen LogP contribution in [-0.2, 0) is 0 Å². The molecule has 1 saturated heterocycles. The Bertz CT molecular complexity index is 376. The van der Waals surface area contributed by atoms with Gasteiger partial charge in [0.1, 0.15) is 0 Å². The molecule has 1 aromatic carbocycles. The number of halogens is 1. The molecule has 2 unspecified atom stereocenters. The van der Waals surface area contributed by atoms with Gasteiger partial charge in [0.05, 0.1) is 0 Å². The molecule has 1 aliphatic heterocycles. The van der Waals surface area contributed by atoms with Gasteiger partial charge < -0.3 is 10.6 Å². The standard InChI is InChI=1S/C13H19BrN2/c1-9-4-3-7-16(9)13-6-5-11(14)8-12(13)10(2)15/h5-6,8-10H,3-4,7,15H2,1-2H3. The van der Waals surface area contributed by atoms with Crippen LogP contribution in [-0.4, -0.2) is 12.6 Å². The lowest BCUT2D eigenvalue weighted by Gasteiger charge is -2.27. The van der Waals surface area contributed by atoms with Gasteiger partial charge in [-0.05, 0) is 50.5 Å². The maximum Gasteiger partial charge on any atom is 0.0417 e. The average molecular weight is 283 g/mol. The van der Waals surface area contributed by atoms with Gasteiger partial charge in [0.25, 0.3) is 0 Å². The molecule has 16 heavy (non-hydrogen) atoms. The van der Waals surface area contributed by atoms with Crippen molar-refractivity contribution in [1.29, 1.82) is 0 Å². The van der Waals surface area contributed by atoms with E-state index in [9.17, 15) is 0 Å². The molecule has 1 fully saturated rings. The maximum atomic E-state index is 6.05. The monoisotopic (exact) mass is 282 g/mol. The zero-order valence-corrected chi connectivity index (χ0v) is 11.5. The molecule has 0 aromatic heterocycles.